The molecule has 10 nitrogen and oxygen atoms in total. The lowest BCUT2D eigenvalue weighted by molar-refractivity contribution is -0.225. The first-order chi connectivity index (χ1) is 22.7. The quantitative estimate of drug-likeness (QED) is 0.223. The summed E-state index contributed by atoms with van der Waals surface area (Å²) < 4.78 is 12.0. The van der Waals surface area contributed by atoms with Gasteiger partial charge in [-0.25, -0.2) is 0 Å². The van der Waals surface area contributed by atoms with E-state index in [0.717, 1.165) is 12.0 Å². The Labute approximate surface area is 291 Å². The van der Waals surface area contributed by atoms with Gasteiger partial charge in [-0.2, -0.15) is 0 Å². The molecule has 2 fully saturated rings. The van der Waals surface area contributed by atoms with Crippen molar-refractivity contribution in [1.82, 2.24) is 10.6 Å². The molecule has 12 heteroatoms. The molecule has 1 saturated carbocycles. The van der Waals surface area contributed by atoms with Crippen LogP contribution < -0.4 is 15.7 Å². The van der Waals surface area contributed by atoms with Gasteiger partial charge in [-0.05, 0) is 67.3 Å². The lowest BCUT2D eigenvalue weighted by atomic mass is 9.55. The number of carbonyl (C=O) groups excluding carboxylic acids is 2. The van der Waals surface area contributed by atoms with Crippen LogP contribution in [0.15, 0.2) is 54.1 Å². The SMILES string of the molecule is CC(=O)O[C@@H]1C(C)=C[C@@H]2[C@H](C(C)CNCc3ccccc3Cl)CC[C@@H](C)[C@]2(O)[C@H]1OC(=O)[C@@H]1C[C@@]2(O)c3cccc(Cl)c3N(C)O[C@H]2N1. The summed E-state index contributed by atoms with van der Waals surface area (Å²) in [4.78, 5) is 32.4. The molecule has 2 aromatic rings. The van der Waals surface area contributed by atoms with Gasteiger partial charge in [-0.3, -0.25) is 24.8 Å². The first-order valence-corrected chi connectivity index (χ1v) is 17.4. The number of ether oxygens (including phenoxy) is 2. The average molecular weight is 703 g/mol. The van der Waals surface area contributed by atoms with Crippen LogP contribution in [0.3, 0.4) is 0 Å². The van der Waals surface area contributed by atoms with E-state index in [1.807, 2.05) is 44.2 Å². The zero-order valence-corrected chi connectivity index (χ0v) is 29.4. The summed E-state index contributed by atoms with van der Waals surface area (Å²) in [6.45, 7) is 8.57. The van der Waals surface area contributed by atoms with E-state index in [-0.39, 0.29) is 30.1 Å². The second-order valence-corrected chi connectivity index (χ2v) is 14.8. The number of halogens is 2. The number of hydrogen-bond donors (Lipinski definition) is 4. The predicted octanol–water partition coefficient (Wildman–Crippen LogP) is 4.87. The highest BCUT2D eigenvalue weighted by atomic mass is 35.5. The van der Waals surface area contributed by atoms with Crippen LogP contribution in [0.25, 0.3) is 0 Å². The molecule has 1 saturated heterocycles. The summed E-state index contributed by atoms with van der Waals surface area (Å²) in [5.41, 5.74) is -0.305. The Balaban J connectivity index is 1.25. The molecule has 0 bridgehead atoms. The molecule has 260 valence electrons. The Morgan fingerprint density at radius 1 is 1.12 bits per heavy atom. The number of aliphatic hydroxyl groups is 2. The lowest BCUT2D eigenvalue weighted by Crippen LogP contribution is -2.66. The van der Waals surface area contributed by atoms with Crippen LogP contribution in [-0.2, 0) is 36.0 Å². The number of hydroxylamine groups is 1. The van der Waals surface area contributed by atoms with Crippen molar-refractivity contribution in [2.75, 3.05) is 18.7 Å². The van der Waals surface area contributed by atoms with Gasteiger partial charge < -0.3 is 25.0 Å². The lowest BCUT2D eigenvalue weighted by Gasteiger charge is -2.56. The van der Waals surface area contributed by atoms with Crippen molar-refractivity contribution in [1.29, 1.82) is 0 Å². The molecule has 2 aliphatic carbocycles. The van der Waals surface area contributed by atoms with Crippen LogP contribution >= 0.6 is 23.2 Å². The highest BCUT2D eigenvalue weighted by Gasteiger charge is 2.62. The molecule has 1 unspecified atom stereocenters. The first-order valence-electron chi connectivity index (χ1n) is 16.7. The Morgan fingerprint density at radius 3 is 2.58 bits per heavy atom. The van der Waals surface area contributed by atoms with Gasteiger partial charge in [0.1, 0.15) is 17.2 Å². The molecule has 4 N–H and O–H groups in total. The molecule has 0 spiro atoms. The van der Waals surface area contributed by atoms with Crippen LogP contribution in [0.1, 0.15) is 58.1 Å². The molecule has 2 aromatic carbocycles. The standard InChI is InChI=1S/C36H45Cl2N3O7/c1-19-15-26-24(20(2)17-39-18-23-9-6-7-11-27(23)37)14-13-21(3)36(26,45)32(31(19)46-22(4)42)47-33(43)29-16-35(44)25-10-8-12-28(38)30(25)41(5)48-34(35)40-29/h6-12,15,20-21,24,26,29,31-32,34,39-40,44-45H,13-14,16-18H2,1-5H3/t20?,21-,24+,26-,29+,31-,32+,34-,35-,36-/m1/s1. The van der Waals surface area contributed by atoms with E-state index in [2.05, 4.69) is 17.6 Å². The minimum Gasteiger partial charge on any atom is -0.454 e. The van der Waals surface area contributed by atoms with Gasteiger partial charge in [-0.1, -0.05) is 73.5 Å². The van der Waals surface area contributed by atoms with Gasteiger partial charge in [0.15, 0.2) is 18.4 Å². The second kappa shape index (κ2) is 13.5. The number of esters is 2. The average Bonchev–Trinajstić information content (AvgIpc) is 3.38. The van der Waals surface area contributed by atoms with E-state index >= 15 is 0 Å². The molecule has 0 radical (unpaired) electrons. The van der Waals surface area contributed by atoms with Gasteiger partial charge in [0, 0.05) is 43.4 Å². The molecule has 0 amide bonds. The zero-order valence-electron chi connectivity index (χ0n) is 27.9. The molecule has 2 aliphatic heterocycles. The summed E-state index contributed by atoms with van der Waals surface area (Å²) in [5.74, 6) is -1.65. The smallest absolute Gasteiger partial charge is 0.323 e. The Bertz CT molecular complexity index is 1590. The number of rotatable bonds is 8. The van der Waals surface area contributed by atoms with Crippen molar-refractivity contribution in [3.63, 3.8) is 0 Å². The van der Waals surface area contributed by atoms with Crippen molar-refractivity contribution in [2.24, 2.45) is 23.7 Å². The highest BCUT2D eigenvalue weighted by molar-refractivity contribution is 6.33. The third kappa shape index (κ3) is 6.14. The number of fused-ring (bicyclic) bond motifs is 4. The normalized spacial score (nSPS) is 34.7. The van der Waals surface area contributed by atoms with Gasteiger partial charge >= 0.3 is 11.9 Å². The van der Waals surface area contributed by atoms with Crippen molar-refractivity contribution in [2.45, 2.75) is 89.2 Å². The number of benzene rings is 2. The summed E-state index contributed by atoms with van der Waals surface area (Å²) in [6, 6.07) is 12.0. The molecule has 6 rings (SSSR count). The van der Waals surface area contributed by atoms with E-state index in [1.54, 1.807) is 25.2 Å². The summed E-state index contributed by atoms with van der Waals surface area (Å²) >= 11 is 12.8. The van der Waals surface area contributed by atoms with Crippen LogP contribution in [0.5, 0.6) is 0 Å². The van der Waals surface area contributed by atoms with Crippen molar-refractivity contribution in [3.8, 4) is 0 Å². The van der Waals surface area contributed by atoms with Crippen LogP contribution in [0, 0.1) is 23.7 Å². The fourth-order valence-electron chi connectivity index (χ4n) is 8.39. The number of carbonyl (C=O) groups is 2. The number of hydrogen-bond acceptors (Lipinski definition) is 10. The third-order valence-electron chi connectivity index (χ3n) is 11.0. The Morgan fingerprint density at radius 2 is 1.85 bits per heavy atom. The second-order valence-electron chi connectivity index (χ2n) is 14.0. The van der Waals surface area contributed by atoms with Gasteiger partial charge in [0.05, 0.1) is 10.7 Å². The van der Waals surface area contributed by atoms with Crippen LogP contribution in [-0.4, -0.2) is 65.8 Å². The fraction of sp³-hybridized carbons (Fsp3) is 0.556. The van der Waals surface area contributed by atoms with Crippen LogP contribution in [0.2, 0.25) is 10.0 Å². The maximum absolute atomic E-state index is 14.1. The molecule has 48 heavy (non-hydrogen) atoms. The summed E-state index contributed by atoms with van der Waals surface area (Å²) in [7, 11) is 1.68. The number of nitrogens with one attached hydrogen (secondary N) is 2. The molecule has 10 atom stereocenters. The zero-order chi connectivity index (χ0) is 34.5. The van der Waals surface area contributed by atoms with E-state index in [0.29, 0.717) is 46.4 Å². The van der Waals surface area contributed by atoms with E-state index in [9.17, 15) is 19.8 Å². The van der Waals surface area contributed by atoms with E-state index in [4.69, 9.17) is 37.5 Å². The minimum atomic E-state index is -1.57. The molecule has 2 heterocycles. The Hall–Kier alpha value is -2.70. The predicted molar refractivity (Wildman–Crippen MR) is 182 cm³/mol. The largest absolute Gasteiger partial charge is 0.454 e. The van der Waals surface area contributed by atoms with Crippen molar-refractivity contribution < 1.29 is 34.1 Å². The first kappa shape index (κ1) is 35.1. The molecule has 4 aliphatic rings. The van der Waals surface area contributed by atoms with Gasteiger partial charge in [0.2, 0.25) is 0 Å². The van der Waals surface area contributed by atoms with E-state index < -0.39 is 47.6 Å². The van der Waals surface area contributed by atoms with Crippen molar-refractivity contribution >= 4 is 40.8 Å². The number of para-hydroxylation sites is 1. The molecular formula is C36H45Cl2N3O7. The fourth-order valence-corrected chi connectivity index (χ4v) is 8.88. The van der Waals surface area contributed by atoms with Crippen LogP contribution in [0.4, 0.5) is 5.69 Å². The van der Waals surface area contributed by atoms with Crippen molar-refractivity contribution in [3.05, 3.63) is 75.3 Å². The Kier molecular flexibility index (Phi) is 9.92. The van der Waals surface area contributed by atoms with Gasteiger partial charge in [-0.15, -0.1) is 0 Å². The monoisotopic (exact) mass is 701 g/mol. The number of anilines is 1. The molecule has 0 aromatic heterocycles. The molecular weight excluding hydrogens is 657 g/mol. The maximum Gasteiger partial charge on any atom is 0.323 e. The summed E-state index contributed by atoms with van der Waals surface area (Å²) in [6.07, 6.45) is 0.435. The third-order valence-corrected chi connectivity index (χ3v) is 11.6. The maximum atomic E-state index is 14.1. The topological polar surface area (TPSA) is 130 Å². The van der Waals surface area contributed by atoms with E-state index in [1.165, 1.54) is 12.0 Å². The van der Waals surface area contributed by atoms with Gasteiger partial charge in [0.25, 0.3) is 0 Å². The summed E-state index contributed by atoms with van der Waals surface area (Å²) in [5, 5.41) is 33.8. The minimum absolute atomic E-state index is 0.0500. The number of nitrogens with zero attached hydrogens (tertiary/aromatic N) is 1. The highest BCUT2D eigenvalue weighted by Crippen LogP contribution is 2.53.